The Labute approximate surface area is 183 Å². The lowest BCUT2D eigenvalue weighted by Gasteiger charge is -2.28. The molecule has 0 aromatic heterocycles. The van der Waals surface area contributed by atoms with Crippen LogP contribution in [-0.2, 0) is 9.59 Å². The molecule has 2 atom stereocenters. The lowest BCUT2D eigenvalue weighted by atomic mass is 10.0. The Bertz CT molecular complexity index is 1060. The van der Waals surface area contributed by atoms with Crippen LogP contribution in [0.25, 0.3) is 11.1 Å². The van der Waals surface area contributed by atoms with E-state index in [0.717, 1.165) is 11.3 Å². The van der Waals surface area contributed by atoms with Crippen molar-refractivity contribution in [3.05, 3.63) is 84.4 Å². The maximum absolute atomic E-state index is 13.1. The Kier molecular flexibility index (Phi) is 6.14. The third-order valence-corrected chi connectivity index (χ3v) is 5.71. The molecule has 3 aromatic carbocycles. The summed E-state index contributed by atoms with van der Waals surface area (Å²) in [5, 5.41) is 6.24. The highest BCUT2D eigenvalue weighted by molar-refractivity contribution is 6.04. The zero-order chi connectivity index (χ0) is 21.8. The summed E-state index contributed by atoms with van der Waals surface area (Å²) in [6, 6.07) is 25.9. The Morgan fingerprint density at radius 1 is 1.00 bits per heavy atom. The van der Waals surface area contributed by atoms with E-state index in [1.54, 1.807) is 4.90 Å². The van der Waals surface area contributed by atoms with Crippen LogP contribution in [0.2, 0.25) is 0 Å². The van der Waals surface area contributed by atoms with Gasteiger partial charge in [0, 0.05) is 18.5 Å². The lowest BCUT2D eigenvalue weighted by Crippen LogP contribution is -2.44. The molecule has 31 heavy (non-hydrogen) atoms. The van der Waals surface area contributed by atoms with Gasteiger partial charge in [-0.25, -0.2) is 0 Å². The molecule has 1 aliphatic heterocycles. The van der Waals surface area contributed by atoms with Crippen LogP contribution < -0.4 is 15.5 Å². The highest BCUT2D eigenvalue weighted by atomic mass is 16.2. The van der Waals surface area contributed by atoms with Crippen LogP contribution in [0, 0.1) is 0 Å². The molecular formula is C26H27N3O2. The maximum Gasteiger partial charge on any atom is 0.241 e. The number of nitrogens with one attached hydrogen (secondary N) is 2. The van der Waals surface area contributed by atoms with Gasteiger partial charge in [0.05, 0.1) is 17.9 Å². The SMILES string of the molecule is C[C@@H](NCC(=O)N1c2ccccc2NC(=O)C[C@@H]1C)c1ccc(-c2ccccc2)cc1. The van der Waals surface area contributed by atoms with Crippen molar-refractivity contribution in [2.45, 2.75) is 32.4 Å². The number of nitrogens with zero attached hydrogens (tertiary/aromatic N) is 1. The number of carbonyl (C=O) groups is 2. The molecule has 5 heteroatoms. The number of hydrogen-bond acceptors (Lipinski definition) is 3. The van der Waals surface area contributed by atoms with Crippen molar-refractivity contribution < 1.29 is 9.59 Å². The van der Waals surface area contributed by atoms with Gasteiger partial charge in [-0.15, -0.1) is 0 Å². The minimum absolute atomic E-state index is 0.0195. The van der Waals surface area contributed by atoms with Gasteiger partial charge >= 0.3 is 0 Å². The third-order valence-electron chi connectivity index (χ3n) is 5.71. The second-order valence-corrected chi connectivity index (χ2v) is 7.97. The van der Waals surface area contributed by atoms with E-state index in [1.807, 2.05) is 49.4 Å². The molecule has 4 rings (SSSR count). The van der Waals surface area contributed by atoms with Gasteiger partial charge in [-0.1, -0.05) is 66.7 Å². The molecule has 0 radical (unpaired) electrons. The van der Waals surface area contributed by atoms with Gasteiger partial charge in [0.25, 0.3) is 0 Å². The number of hydrogen-bond donors (Lipinski definition) is 2. The first-order chi connectivity index (χ1) is 15.0. The summed E-state index contributed by atoms with van der Waals surface area (Å²) >= 11 is 0. The second-order valence-electron chi connectivity index (χ2n) is 7.97. The van der Waals surface area contributed by atoms with E-state index < -0.39 is 0 Å². The third kappa shape index (κ3) is 4.67. The number of rotatable bonds is 5. The van der Waals surface area contributed by atoms with E-state index in [-0.39, 0.29) is 36.9 Å². The molecule has 0 bridgehead atoms. The molecule has 0 aliphatic carbocycles. The number of benzene rings is 3. The van der Waals surface area contributed by atoms with Crippen molar-refractivity contribution in [2.24, 2.45) is 0 Å². The lowest BCUT2D eigenvalue weighted by molar-refractivity contribution is -0.118. The van der Waals surface area contributed by atoms with Crippen molar-refractivity contribution in [1.82, 2.24) is 5.32 Å². The predicted octanol–water partition coefficient (Wildman–Crippen LogP) is 4.77. The monoisotopic (exact) mass is 413 g/mol. The summed E-state index contributed by atoms with van der Waals surface area (Å²) in [5.41, 5.74) is 4.89. The summed E-state index contributed by atoms with van der Waals surface area (Å²) in [5.74, 6) is -0.126. The van der Waals surface area contributed by atoms with Gasteiger partial charge in [0.1, 0.15) is 0 Å². The highest BCUT2D eigenvalue weighted by Crippen LogP contribution is 2.31. The Balaban J connectivity index is 1.44. The van der Waals surface area contributed by atoms with Crippen LogP contribution in [0.1, 0.15) is 31.9 Å². The minimum atomic E-state index is -0.210. The minimum Gasteiger partial charge on any atom is -0.324 e. The van der Waals surface area contributed by atoms with Crippen molar-refractivity contribution in [1.29, 1.82) is 0 Å². The largest absolute Gasteiger partial charge is 0.324 e. The van der Waals surface area contributed by atoms with Crippen LogP contribution in [0.5, 0.6) is 0 Å². The van der Waals surface area contributed by atoms with E-state index >= 15 is 0 Å². The number of para-hydroxylation sites is 2. The van der Waals surface area contributed by atoms with Crippen molar-refractivity contribution in [3.8, 4) is 11.1 Å². The first kappa shape index (κ1) is 20.8. The Morgan fingerprint density at radius 2 is 1.65 bits per heavy atom. The molecule has 5 nitrogen and oxygen atoms in total. The van der Waals surface area contributed by atoms with Gasteiger partial charge in [-0.3, -0.25) is 9.59 Å². The Morgan fingerprint density at radius 3 is 2.39 bits per heavy atom. The summed E-state index contributed by atoms with van der Waals surface area (Å²) in [7, 11) is 0. The number of amides is 2. The van der Waals surface area contributed by atoms with Crippen molar-refractivity contribution in [2.75, 3.05) is 16.8 Å². The number of anilines is 2. The molecule has 1 aliphatic rings. The molecule has 1 heterocycles. The summed E-state index contributed by atoms with van der Waals surface area (Å²) in [4.78, 5) is 27.0. The van der Waals surface area contributed by atoms with E-state index in [1.165, 1.54) is 11.1 Å². The van der Waals surface area contributed by atoms with Crippen LogP contribution >= 0.6 is 0 Å². The molecule has 0 saturated heterocycles. The normalized spacial score (nSPS) is 16.8. The predicted molar refractivity (Wildman–Crippen MR) is 125 cm³/mol. The quantitative estimate of drug-likeness (QED) is 0.633. The standard InChI is InChI=1S/C26H27N3O2/c1-18-16-25(30)28-23-10-6-7-11-24(23)29(18)26(31)17-27-19(2)20-12-14-22(15-13-20)21-8-4-3-5-9-21/h3-15,18-19,27H,16-17H2,1-2H3,(H,28,30)/t18-,19+/m0/s1. The molecule has 0 saturated carbocycles. The van der Waals surface area contributed by atoms with Gasteiger partial charge < -0.3 is 15.5 Å². The fourth-order valence-electron chi connectivity index (χ4n) is 4.01. The molecule has 3 aromatic rings. The first-order valence-electron chi connectivity index (χ1n) is 10.6. The fraction of sp³-hybridized carbons (Fsp3) is 0.231. The van der Waals surface area contributed by atoms with E-state index in [0.29, 0.717) is 5.69 Å². The second kappa shape index (κ2) is 9.14. The molecular weight excluding hydrogens is 386 g/mol. The first-order valence-corrected chi connectivity index (χ1v) is 10.6. The average molecular weight is 414 g/mol. The summed E-state index contributed by atoms with van der Waals surface area (Å²) in [6.45, 7) is 4.15. The van der Waals surface area contributed by atoms with Crippen LogP contribution in [-0.4, -0.2) is 24.4 Å². The van der Waals surface area contributed by atoms with Gasteiger partial charge in [0.2, 0.25) is 11.8 Å². The van der Waals surface area contributed by atoms with Gasteiger partial charge in [0.15, 0.2) is 0 Å². The van der Waals surface area contributed by atoms with Crippen molar-refractivity contribution >= 4 is 23.2 Å². The zero-order valence-corrected chi connectivity index (χ0v) is 17.8. The van der Waals surface area contributed by atoms with Crippen LogP contribution in [0.3, 0.4) is 0 Å². The fourth-order valence-corrected chi connectivity index (χ4v) is 4.01. The maximum atomic E-state index is 13.1. The molecule has 0 spiro atoms. The summed E-state index contributed by atoms with van der Waals surface area (Å²) < 4.78 is 0. The average Bonchev–Trinajstić information content (AvgIpc) is 2.92. The van der Waals surface area contributed by atoms with Gasteiger partial charge in [-0.05, 0) is 42.7 Å². The van der Waals surface area contributed by atoms with E-state index in [2.05, 4.69) is 54.0 Å². The number of carbonyl (C=O) groups excluding carboxylic acids is 2. The van der Waals surface area contributed by atoms with E-state index in [4.69, 9.17) is 0 Å². The van der Waals surface area contributed by atoms with E-state index in [9.17, 15) is 9.59 Å². The topological polar surface area (TPSA) is 61.4 Å². The molecule has 0 unspecified atom stereocenters. The number of fused-ring (bicyclic) bond motifs is 1. The van der Waals surface area contributed by atoms with Crippen LogP contribution in [0.4, 0.5) is 11.4 Å². The Hall–Kier alpha value is -3.44. The van der Waals surface area contributed by atoms with Crippen molar-refractivity contribution in [3.63, 3.8) is 0 Å². The smallest absolute Gasteiger partial charge is 0.241 e. The molecule has 0 fully saturated rings. The molecule has 2 amide bonds. The molecule has 2 N–H and O–H groups in total. The van der Waals surface area contributed by atoms with Gasteiger partial charge in [-0.2, -0.15) is 0 Å². The zero-order valence-electron chi connectivity index (χ0n) is 17.8. The molecule has 158 valence electrons. The highest BCUT2D eigenvalue weighted by Gasteiger charge is 2.29. The summed E-state index contributed by atoms with van der Waals surface area (Å²) in [6.07, 6.45) is 0.275. The van der Waals surface area contributed by atoms with Crippen LogP contribution in [0.15, 0.2) is 78.9 Å².